The second kappa shape index (κ2) is 5.52. The van der Waals surface area contributed by atoms with Crippen LogP contribution in [-0.4, -0.2) is 22.4 Å². The van der Waals surface area contributed by atoms with Crippen LogP contribution in [0.3, 0.4) is 0 Å². The number of benzene rings is 1. The van der Waals surface area contributed by atoms with Crippen molar-refractivity contribution in [1.29, 1.82) is 0 Å². The Morgan fingerprint density at radius 3 is 2.83 bits per heavy atom. The Kier molecular flexibility index (Phi) is 4.01. The first kappa shape index (κ1) is 13.1. The summed E-state index contributed by atoms with van der Waals surface area (Å²) in [6.07, 6.45) is 2.38. The fourth-order valence-corrected chi connectivity index (χ4v) is 2.74. The largest absolute Gasteiger partial charge is 0.398 e. The van der Waals surface area contributed by atoms with Crippen molar-refractivity contribution in [2.24, 2.45) is 5.92 Å². The zero-order chi connectivity index (χ0) is 13.1. The van der Waals surface area contributed by atoms with Crippen molar-refractivity contribution in [2.75, 3.05) is 18.0 Å². The first-order valence-corrected chi connectivity index (χ1v) is 7.39. The zero-order valence-electron chi connectivity index (χ0n) is 10.4. The number of carbonyl (C=O) groups is 1. The lowest BCUT2D eigenvalue weighted by molar-refractivity contribution is -0.118. The molecular weight excluding hydrogens is 248 g/mol. The monoisotopic (exact) mass is 266 g/mol. The van der Waals surface area contributed by atoms with E-state index in [4.69, 9.17) is 5.73 Å². The summed E-state index contributed by atoms with van der Waals surface area (Å²) >= 11 is 0. The molecule has 0 aliphatic heterocycles. The summed E-state index contributed by atoms with van der Waals surface area (Å²) in [6, 6.07) is 5.36. The van der Waals surface area contributed by atoms with E-state index in [0.29, 0.717) is 23.0 Å². The highest BCUT2D eigenvalue weighted by atomic mass is 32.2. The fraction of sp³-hybridized carbons (Fsp3) is 0.462. The molecule has 0 spiro atoms. The number of anilines is 1. The van der Waals surface area contributed by atoms with Gasteiger partial charge in [0.15, 0.2) is 0 Å². The van der Waals surface area contributed by atoms with Crippen LogP contribution in [-0.2, 0) is 15.6 Å². The van der Waals surface area contributed by atoms with Gasteiger partial charge in [0.1, 0.15) is 5.75 Å². The van der Waals surface area contributed by atoms with E-state index in [0.717, 1.165) is 5.56 Å². The Hall–Kier alpha value is -1.36. The van der Waals surface area contributed by atoms with Gasteiger partial charge in [-0.2, -0.15) is 0 Å². The number of rotatable bonds is 5. The van der Waals surface area contributed by atoms with Crippen LogP contribution >= 0.6 is 0 Å². The average Bonchev–Trinajstić information content (AvgIpc) is 3.09. The maximum absolute atomic E-state index is 12.0. The van der Waals surface area contributed by atoms with E-state index in [1.165, 1.54) is 12.8 Å². The normalized spacial score (nSPS) is 16.3. The quantitative estimate of drug-likeness (QED) is 0.787. The van der Waals surface area contributed by atoms with Gasteiger partial charge >= 0.3 is 0 Å². The minimum atomic E-state index is -1.36. The predicted octanol–water partition coefficient (Wildman–Crippen LogP) is 1.21. The number of amides is 1. The number of nitrogens with two attached hydrogens (primary N) is 1. The summed E-state index contributed by atoms with van der Waals surface area (Å²) in [6.45, 7) is 2.63. The highest BCUT2D eigenvalue weighted by Crippen LogP contribution is 2.27. The van der Waals surface area contributed by atoms with E-state index in [-0.39, 0.29) is 11.7 Å². The second-order valence-corrected chi connectivity index (χ2v) is 6.20. The lowest BCUT2D eigenvalue weighted by Crippen LogP contribution is -2.30. The van der Waals surface area contributed by atoms with E-state index >= 15 is 0 Å². The predicted molar refractivity (Wildman–Crippen MR) is 72.6 cm³/mol. The molecule has 1 amide bonds. The summed E-state index contributed by atoms with van der Waals surface area (Å²) in [5, 5.41) is 2.80. The molecule has 3 N–H and O–H groups in total. The second-order valence-electron chi connectivity index (χ2n) is 4.78. The number of hydrogen-bond donors (Lipinski definition) is 2. The van der Waals surface area contributed by atoms with Crippen molar-refractivity contribution in [1.82, 2.24) is 5.32 Å². The highest BCUT2D eigenvalue weighted by molar-refractivity contribution is 7.86. The third-order valence-corrected chi connectivity index (χ3v) is 4.34. The first-order chi connectivity index (χ1) is 8.56. The molecule has 0 radical (unpaired) electrons. The molecule has 0 aromatic heterocycles. The Morgan fingerprint density at radius 1 is 1.50 bits per heavy atom. The van der Waals surface area contributed by atoms with Crippen LogP contribution in [0.5, 0.6) is 0 Å². The van der Waals surface area contributed by atoms with Crippen molar-refractivity contribution in [2.45, 2.75) is 24.7 Å². The maximum atomic E-state index is 12.0. The van der Waals surface area contributed by atoms with Crippen LogP contribution in [0.1, 0.15) is 18.4 Å². The topological polar surface area (TPSA) is 72.2 Å². The molecule has 0 saturated heterocycles. The van der Waals surface area contributed by atoms with Gasteiger partial charge in [-0.1, -0.05) is 6.07 Å². The molecule has 1 unspecified atom stereocenters. The van der Waals surface area contributed by atoms with E-state index in [1.807, 2.05) is 13.0 Å². The van der Waals surface area contributed by atoms with E-state index in [2.05, 4.69) is 5.32 Å². The lowest BCUT2D eigenvalue weighted by Gasteiger charge is -2.07. The zero-order valence-corrected chi connectivity index (χ0v) is 11.3. The summed E-state index contributed by atoms with van der Waals surface area (Å²) in [5.74, 6) is 0.451. The van der Waals surface area contributed by atoms with Crippen LogP contribution in [0.2, 0.25) is 0 Å². The number of carbonyl (C=O) groups excluding carboxylic acids is 1. The summed E-state index contributed by atoms with van der Waals surface area (Å²) in [7, 11) is -1.36. The molecular formula is C13H18N2O2S. The van der Waals surface area contributed by atoms with Crippen LogP contribution in [0.15, 0.2) is 23.1 Å². The lowest BCUT2D eigenvalue weighted by atomic mass is 10.2. The molecule has 2 rings (SSSR count). The Labute approximate surface area is 109 Å². The molecule has 1 aliphatic rings. The van der Waals surface area contributed by atoms with Crippen molar-refractivity contribution < 1.29 is 9.00 Å². The molecule has 1 aromatic carbocycles. The van der Waals surface area contributed by atoms with Crippen molar-refractivity contribution in [3.05, 3.63) is 23.8 Å². The van der Waals surface area contributed by atoms with Gasteiger partial charge in [0.2, 0.25) is 5.91 Å². The van der Waals surface area contributed by atoms with Gasteiger partial charge in [-0.25, -0.2) is 0 Å². The van der Waals surface area contributed by atoms with Crippen molar-refractivity contribution in [3.63, 3.8) is 0 Å². The van der Waals surface area contributed by atoms with Gasteiger partial charge in [-0.3, -0.25) is 9.00 Å². The average molecular weight is 266 g/mol. The standard InChI is InChI=1S/C13H18N2O2S/c1-9-2-5-12(11(14)6-9)18(17)8-13(16)15-7-10-3-4-10/h2,5-6,10H,3-4,7-8,14H2,1H3,(H,15,16). The van der Waals surface area contributed by atoms with Crippen LogP contribution in [0.25, 0.3) is 0 Å². The van der Waals surface area contributed by atoms with Crippen LogP contribution in [0.4, 0.5) is 5.69 Å². The first-order valence-electron chi connectivity index (χ1n) is 6.07. The van der Waals surface area contributed by atoms with Gasteiger partial charge in [0.05, 0.1) is 15.7 Å². The number of hydrogen-bond acceptors (Lipinski definition) is 3. The Bertz CT molecular complexity index is 484. The Balaban J connectivity index is 1.91. The third kappa shape index (κ3) is 3.57. The molecule has 1 aromatic rings. The molecule has 4 nitrogen and oxygen atoms in total. The van der Waals surface area contributed by atoms with Gasteiger partial charge in [0.25, 0.3) is 0 Å². The number of nitrogen functional groups attached to an aromatic ring is 1. The molecule has 0 bridgehead atoms. The number of nitrogens with one attached hydrogen (secondary N) is 1. The van der Waals surface area contributed by atoms with E-state index < -0.39 is 10.8 Å². The molecule has 18 heavy (non-hydrogen) atoms. The van der Waals surface area contributed by atoms with Crippen LogP contribution in [0, 0.1) is 12.8 Å². The highest BCUT2D eigenvalue weighted by Gasteiger charge is 2.22. The summed E-state index contributed by atoms with van der Waals surface area (Å²) < 4.78 is 12.0. The van der Waals surface area contributed by atoms with E-state index in [1.54, 1.807) is 12.1 Å². The minimum absolute atomic E-state index is 0.0139. The molecule has 1 aliphatic carbocycles. The Morgan fingerprint density at radius 2 is 2.22 bits per heavy atom. The fourth-order valence-electron chi connectivity index (χ4n) is 1.70. The number of aryl methyl sites for hydroxylation is 1. The van der Waals surface area contributed by atoms with Crippen LogP contribution < -0.4 is 11.1 Å². The molecule has 1 fully saturated rings. The SMILES string of the molecule is Cc1ccc(S(=O)CC(=O)NCC2CC2)c(N)c1. The molecule has 98 valence electrons. The van der Waals surface area contributed by atoms with Gasteiger partial charge < -0.3 is 11.1 Å². The summed E-state index contributed by atoms with van der Waals surface area (Å²) in [5.41, 5.74) is 7.31. The van der Waals surface area contributed by atoms with E-state index in [9.17, 15) is 9.00 Å². The van der Waals surface area contributed by atoms with Gasteiger partial charge in [-0.05, 0) is 43.4 Å². The molecule has 0 heterocycles. The van der Waals surface area contributed by atoms with Crippen molar-refractivity contribution >= 4 is 22.4 Å². The minimum Gasteiger partial charge on any atom is -0.398 e. The molecule has 1 atom stereocenters. The van der Waals surface area contributed by atoms with Gasteiger partial charge in [-0.15, -0.1) is 0 Å². The molecule has 5 heteroatoms. The smallest absolute Gasteiger partial charge is 0.233 e. The summed E-state index contributed by atoms with van der Waals surface area (Å²) in [4.78, 5) is 12.1. The van der Waals surface area contributed by atoms with Crippen molar-refractivity contribution in [3.8, 4) is 0 Å². The maximum Gasteiger partial charge on any atom is 0.233 e. The third-order valence-electron chi connectivity index (χ3n) is 2.96. The van der Waals surface area contributed by atoms with Gasteiger partial charge in [0, 0.05) is 12.2 Å². The molecule has 1 saturated carbocycles.